The van der Waals surface area contributed by atoms with Crippen molar-refractivity contribution in [2.45, 2.75) is 64.8 Å². The Kier molecular flexibility index (Phi) is 5.44. The summed E-state index contributed by atoms with van der Waals surface area (Å²) in [4.78, 5) is 24.0. The van der Waals surface area contributed by atoms with Gasteiger partial charge in [0.1, 0.15) is 0 Å². The summed E-state index contributed by atoms with van der Waals surface area (Å²) in [6, 6.07) is 0.338. The second-order valence-corrected chi connectivity index (χ2v) is 6.78. The molecule has 0 radical (unpaired) electrons. The number of nitrogens with one attached hydrogen (secondary N) is 2. The van der Waals surface area contributed by atoms with Crippen molar-refractivity contribution >= 4 is 11.8 Å². The van der Waals surface area contributed by atoms with Crippen LogP contribution in [-0.4, -0.2) is 24.4 Å². The molecule has 2 atom stereocenters. The fourth-order valence-electron chi connectivity index (χ4n) is 2.94. The van der Waals surface area contributed by atoms with Crippen molar-refractivity contribution in [1.29, 1.82) is 0 Å². The molecule has 2 unspecified atom stereocenters. The van der Waals surface area contributed by atoms with Gasteiger partial charge in [0.2, 0.25) is 11.8 Å². The number of rotatable bonds is 5. The number of hydrogen-bond acceptors (Lipinski definition) is 2. The van der Waals surface area contributed by atoms with E-state index in [1.54, 1.807) is 0 Å². The van der Waals surface area contributed by atoms with Crippen LogP contribution in [0, 0.1) is 17.8 Å². The molecule has 0 bridgehead atoms. The van der Waals surface area contributed by atoms with E-state index in [0.717, 1.165) is 19.3 Å². The van der Waals surface area contributed by atoms with Gasteiger partial charge < -0.3 is 10.6 Å². The van der Waals surface area contributed by atoms with Crippen LogP contribution in [-0.2, 0) is 9.59 Å². The lowest BCUT2D eigenvalue weighted by molar-refractivity contribution is -0.127. The van der Waals surface area contributed by atoms with Crippen molar-refractivity contribution < 1.29 is 9.59 Å². The minimum absolute atomic E-state index is 0.0553. The van der Waals surface area contributed by atoms with Crippen LogP contribution < -0.4 is 10.6 Å². The Balaban J connectivity index is 1.70. The number of hydrogen-bond donors (Lipinski definition) is 2. The Morgan fingerprint density at radius 3 is 2.20 bits per heavy atom. The van der Waals surface area contributed by atoms with Gasteiger partial charge in [-0.3, -0.25) is 9.59 Å². The van der Waals surface area contributed by atoms with Crippen molar-refractivity contribution in [2.75, 3.05) is 6.54 Å². The predicted octanol–water partition coefficient (Wildman–Crippen LogP) is 2.23. The van der Waals surface area contributed by atoms with Gasteiger partial charge in [0.15, 0.2) is 0 Å². The van der Waals surface area contributed by atoms with E-state index < -0.39 is 0 Å². The predicted molar refractivity (Wildman–Crippen MR) is 79.1 cm³/mol. The zero-order chi connectivity index (χ0) is 14.5. The third-order valence-corrected chi connectivity index (χ3v) is 4.35. The third kappa shape index (κ3) is 4.50. The summed E-state index contributed by atoms with van der Waals surface area (Å²) in [6.07, 6.45) is 7.93. The lowest BCUT2D eigenvalue weighted by Crippen LogP contribution is -2.37. The van der Waals surface area contributed by atoms with E-state index in [9.17, 15) is 9.59 Å². The van der Waals surface area contributed by atoms with E-state index in [-0.39, 0.29) is 23.7 Å². The van der Waals surface area contributed by atoms with Gasteiger partial charge in [-0.2, -0.15) is 0 Å². The first-order chi connectivity index (χ1) is 9.58. The summed E-state index contributed by atoms with van der Waals surface area (Å²) < 4.78 is 0. The molecule has 2 amide bonds. The molecule has 2 N–H and O–H groups in total. The van der Waals surface area contributed by atoms with Crippen LogP contribution >= 0.6 is 0 Å². The van der Waals surface area contributed by atoms with Crippen molar-refractivity contribution in [3.8, 4) is 0 Å². The standard InChI is InChI=1S/C16H28N2O2/c1-11(2)10-17-15(19)13-9-14(13)16(20)18-12-7-5-3-4-6-8-12/h11-14H,3-10H2,1-2H3,(H,17,19)(H,18,20). The van der Waals surface area contributed by atoms with Gasteiger partial charge in [-0.1, -0.05) is 39.5 Å². The maximum Gasteiger partial charge on any atom is 0.224 e. The molecule has 2 aliphatic carbocycles. The lowest BCUT2D eigenvalue weighted by Gasteiger charge is -2.16. The molecule has 2 fully saturated rings. The summed E-state index contributed by atoms with van der Waals surface area (Å²) in [7, 11) is 0. The summed E-state index contributed by atoms with van der Waals surface area (Å²) in [6.45, 7) is 4.85. The van der Waals surface area contributed by atoms with Crippen LogP contribution in [0.5, 0.6) is 0 Å². The highest BCUT2D eigenvalue weighted by molar-refractivity contribution is 5.92. The summed E-state index contributed by atoms with van der Waals surface area (Å²) in [5.41, 5.74) is 0. The average molecular weight is 280 g/mol. The molecule has 2 aliphatic rings. The van der Waals surface area contributed by atoms with Gasteiger partial charge in [0.25, 0.3) is 0 Å². The molecule has 0 aromatic carbocycles. The first kappa shape index (κ1) is 15.3. The van der Waals surface area contributed by atoms with E-state index in [1.807, 2.05) is 0 Å². The van der Waals surface area contributed by atoms with Gasteiger partial charge in [0, 0.05) is 12.6 Å². The van der Waals surface area contributed by atoms with Crippen LogP contribution in [0.2, 0.25) is 0 Å². The van der Waals surface area contributed by atoms with E-state index in [0.29, 0.717) is 18.5 Å². The number of carbonyl (C=O) groups excluding carboxylic acids is 2. The van der Waals surface area contributed by atoms with Gasteiger partial charge >= 0.3 is 0 Å². The molecule has 2 rings (SSSR count). The van der Waals surface area contributed by atoms with E-state index in [1.165, 1.54) is 25.7 Å². The maximum absolute atomic E-state index is 12.1. The van der Waals surface area contributed by atoms with Crippen molar-refractivity contribution in [3.05, 3.63) is 0 Å². The Morgan fingerprint density at radius 1 is 1.00 bits per heavy atom. The molecule has 0 aliphatic heterocycles. The SMILES string of the molecule is CC(C)CNC(=O)C1CC1C(=O)NC1CCCCCC1. The molecule has 0 heterocycles. The fraction of sp³-hybridized carbons (Fsp3) is 0.875. The molecular weight excluding hydrogens is 252 g/mol. The highest BCUT2D eigenvalue weighted by atomic mass is 16.2. The lowest BCUT2D eigenvalue weighted by atomic mass is 10.1. The first-order valence-electron chi connectivity index (χ1n) is 8.16. The summed E-state index contributed by atoms with van der Waals surface area (Å²) in [5.74, 6) is 0.447. The summed E-state index contributed by atoms with van der Waals surface area (Å²) in [5, 5.41) is 6.08. The van der Waals surface area contributed by atoms with Crippen molar-refractivity contribution in [2.24, 2.45) is 17.8 Å². The highest BCUT2D eigenvalue weighted by Gasteiger charge is 2.48. The summed E-state index contributed by atoms with van der Waals surface area (Å²) >= 11 is 0. The molecule has 114 valence electrons. The van der Waals surface area contributed by atoms with Crippen molar-refractivity contribution in [1.82, 2.24) is 10.6 Å². The van der Waals surface area contributed by atoms with Gasteiger partial charge in [-0.05, 0) is 25.2 Å². The molecule has 20 heavy (non-hydrogen) atoms. The van der Waals surface area contributed by atoms with Gasteiger partial charge in [0.05, 0.1) is 11.8 Å². The van der Waals surface area contributed by atoms with Crippen LogP contribution in [0.25, 0.3) is 0 Å². The molecule has 0 aromatic rings. The van der Waals surface area contributed by atoms with E-state index >= 15 is 0 Å². The molecule has 4 nitrogen and oxygen atoms in total. The van der Waals surface area contributed by atoms with Crippen molar-refractivity contribution in [3.63, 3.8) is 0 Å². The maximum atomic E-state index is 12.1. The van der Waals surface area contributed by atoms with Crippen LogP contribution in [0.1, 0.15) is 58.8 Å². The monoisotopic (exact) mass is 280 g/mol. The highest BCUT2D eigenvalue weighted by Crippen LogP contribution is 2.39. The molecule has 0 spiro atoms. The third-order valence-electron chi connectivity index (χ3n) is 4.35. The fourth-order valence-corrected chi connectivity index (χ4v) is 2.94. The second-order valence-electron chi connectivity index (χ2n) is 6.78. The normalized spacial score (nSPS) is 26.9. The smallest absolute Gasteiger partial charge is 0.224 e. The van der Waals surface area contributed by atoms with Gasteiger partial charge in [-0.15, -0.1) is 0 Å². The Morgan fingerprint density at radius 2 is 1.60 bits per heavy atom. The van der Waals surface area contributed by atoms with Crippen LogP contribution in [0.3, 0.4) is 0 Å². The van der Waals surface area contributed by atoms with E-state index in [4.69, 9.17) is 0 Å². The first-order valence-corrected chi connectivity index (χ1v) is 8.16. The van der Waals surface area contributed by atoms with E-state index in [2.05, 4.69) is 24.5 Å². The molecule has 0 aromatic heterocycles. The average Bonchev–Trinajstić information content (AvgIpc) is 3.20. The minimum Gasteiger partial charge on any atom is -0.356 e. The second kappa shape index (κ2) is 7.09. The Bertz CT molecular complexity index is 346. The molecule has 0 saturated heterocycles. The Hall–Kier alpha value is -1.06. The Labute approximate surface area is 122 Å². The molecular formula is C16H28N2O2. The van der Waals surface area contributed by atoms with Crippen LogP contribution in [0.15, 0.2) is 0 Å². The quantitative estimate of drug-likeness (QED) is 0.759. The topological polar surface area (TPSA) is 58.2 Å². The molecule has 4 heteroatoms. The number of carbonyl (C=O) groups is 2. The largest absolute Gasteiger partial charge is 0.356 e. The zero-order valence-corrected chi connectivity index (χ0v) is 12.8. The zero-order valence-electron chi connectivity index (χ0n) is 12.8. The van der Waals surface area contributed by atoms with Crippen LogP contribution in [0.4, 0.5) is 0 Å². The van der Waals surface area contributed by atoms with Gasteiger partial charge in [-0.25, -0.2) is 0 Å². The molecule has 2 saturated carbocycles. The minimum atomic E-state index is -0.0838. The number of amides is 2.